The molecule has 0 aromatic heterocycles. The molecule has 150 valence electrons. The summed E-state index contributed by atoms with van der Waals surface area (Å²) >= 11 is 0. The molecule has 1 fully saturated rings. The first kappa shape index (κ1) is 20.3. The number of nitrogens with two attached hydrogens (primary N) is 1. The number of piperazine rings is 1. The average Bonchev–Trinajstić information content (AvgIpc) is 2.67. The summed E-state index contributed by atoms with van der Waals surface area (Å²) in [5.41, 5.74) is 8.44. The molecule has 0 saturated carbocycles. The molecule has 0 aliphatic carbocycles. The number of carbonyl (C=O) groups is 1. The first-order valence-corrected chi connectivity index (χ1v) is 10.8. The van der Waals surface area contributed by atoms with E-state index < -0.39 is 15.9 Å². The van der Waals surface area contributed by atoms with Crippen molar-refractivity contribution < 1.29 is 13.2 Å². The van der Waals surface area contributed by atoms with Crippen LogP contribution in [0.1, 0.15) is 24.2 Å². The van der Waals surface area contributed by atoms with Gasteiger partial charge in [0.25, 0.3) is 0 Å². The molecule has 0 bridgehead atoms. The van der Waals surface area contributed by atoms with Gasteiger partial charge in [-0.3, -0.25) is 4.79 Å². The molecule has 1 aliphatic heterocycles. The highest BCUT2D eigenvalue weighted by atomic mass is 32.2. The number of hydrogen-bond donors (Lipinski definition) is 3. The fraction of sp³-hybridized carbons (Fsp3) is 0.350. The highest BCUT2D eigenvalue weighted by molar-refractivity contribution is 7.89. The Balaban J connectivity index is 1.93. The van der Waals surface area contributed by atoms with E-state index in [1.165, 1.54) is 12.1 Å². The molecule has 1 amide bonds. The van der Waals surface area contributed by atoms with E-state index in [1.807, 2.05) is 18.2 Å². The summed E-state index contributed by atoms with van der Waals surface area (Å²) in [4.78, 5) is 14.5. The first-order chi connectivity index (χ1) is 13.3. The zero-order valence-corrected chi connectivity index (χ0v) is 16.9. The minimum atomic E-state index is -3.56. The lowest BCUT2D eigenvalue weighted by atomic mass is 9.98. The summed E-state index contributed by atoms with van der Waals surface area (Å²) in [5, 5.41) is 3.30. The number of carbonyl (C=O) groups excluding carboxylic acids is 1. The number of nitrogens with zero attached hydrogens (tertiary/aromatic N) is 1. The van der Waals surface area contributed by atoms with Crippen LogP contribution in [0.4, 0.5) is 5.69 Å². The largest absolute Gasteiger partial charge is 0.369 e. The van der Waals surface area contributed by atoms with E-state index >= 15 is 0 Å². The molecule has 1 heterocycles. The van der Waals surface area contributed by atoms with Crippen molar-refractivity contribution in [2.24, 2.45) is 5.73 Å². The monoisotopic (exact) mass is 402 g/mol. The summed E-state index contributed by atoms with van der Waals surface area (Å²) < 4.78 is 27.1. The van der Waals surface area contributed by atoms with Crippen molar-refractivity contribution in [3.05, 3.63) is 48.0 Å². The molecule has 0 unspecified atom stereocenters. The van der Waals surface area contributed by atoms with Gasteiger partial charge in [0.2, 0.25) is 15.9 Å². The predicted octanol–water partition coefficient (Wildman–Crippen LogP) is 1.55. The molecule has 3 rings (SSSR count). The molecule has 1 aliphatic rings. The van der Waals surface area contributed by atoms with Gasteiger partial charge in [-0.15, -0.1) is 0 Å². The maximum absolute atomic E-state index is 12.3. The van der Waals surface area contributed by atoms with E-state index in [0.29, 0.717) is 11.1 Å². The number of primary amides is 1. The Hall–Kier alpha value is -2.42. The molecule has 4 N–H and O–H groups in total. The molecule has 0 radical (unpaired) electrons. The summed E-state index contributed by atoms with van der Waals surface area (Å²) in [6, 6.07) is 11.9. The quantitative estimate of drug-likeness (QED) is 0.680. The molecule has 8 heteroatoms. The first-order valence-electron chi connectivity index (χ1n) is 9.30. The van der Waals surface area contributed by atoms with E-state index in [-0.39, 0.29) is 10.9 Å². The second-order valence-corrected chi connectivity index (χ2v) is 8.85. The van der Waals surface area contributed by atoms with Crippen LogP contribution in [0.15, 0.2) is 47.4 Å². The molecular formula is C20H26N4O3S. The number of hydrogen-bond acceptors (Lipinski definition) is 5. The van der Waals surface area contributed by atoms with Crippen molar-refractivity contribution in [2.75, 3.05) is 31.1 Å². The topological polar surface area (TPSA) is 105 Å². The van der Waals surface area contributed by atoms with Crippen molar-refractivity contribution in [1.29, 1.82) is 0 Å². The maximum atomic E-state index is 12.3. The van der Waals surface area contributed by atoms with Gasteiger partial charge in [0.05, 0.1) is 4.90 Å². The van der Waals surface area contributed by atoms with Crippen molar-refractivity contribution in [1.82, 2.24) is 10.0 Å². The summed E-state index contributed by atoms with van der Waals surface area (Å²) in [5.74, 6) is -0.509. The second-order valence-electron chi connectivity index (χ2n) is 7.13. The lowest BCUT2D eigenvalue weighted by molar-refractivity contribution is 0.100. The Bertz CT molecular complexity index is 950. The van der Waals surface area contributed by atoms with Gasteiger partial charge in [0.15, 0.2) is 0 Å². The normalized spacial score (nSPS) is 15.0. The van der Waals surface area contributed by atoms with Crippen LogP contribution >= 0.6 is 0 Å². The lowest BCUT2D eigenvalue weighted by Gasteiger charge is -2.30. The van der Waals surface area contributed by atoms with Crippen molar-refractivity contribution in [3.63, 3.8) is 0 Å². The van der Waals surface area contributed by atoms with Crippen molar-refractivity contribution >= 4 is 21.6 Å². The van der Waals surface area contributed by atoms with Crippen LogP contribution in [0.25, 0.3) is 11.1 Å². The van der Waals surface area contributed by atoms with Crippen LogP contribution in [-0.2, 0) is 10.0 Å². The lowest BCUT2D eigenvalue weighted by Crippen LogP contribution is -2.43. The van der Waals surface area contributed by atoms with Crippen LogP contribution in [0.5, 0.6) is 0 Å². The van der Waals surface area contributed by atoms with Crippen molar-refractivity contribution in [3.8, 4) is 11.1 Å². The average molecular weight is 403 g/mol. The molecule has 2 aromatic carbocycles. The fourth-order valence-corrected chi connectivity index (χ4v) is 4.55. The van der Waals surface area contributed by atoms with Gasteiger partial charge in [-0.2, -0.15) is 0 Å². The Kier molecular flexibility index (Phi) is 6.02. The number of rotatable bonds is 6. The Labute approximate surface area is 166 Å². The fourth-order valence-electron chi connectivity index (χ4n) is 3.30. The zero-order valence-electron chi connectivity index (χ0n) is 16.1. The van der Waals surface area contributed by atoms with Gasteiger partial charge in [-0.05, 0) is 49.2 Å². The molecule has 2 aromatic rings. The van der Waals surface area contributed by atoms with Crippen LogP contribution in [0, 0.1) is 0 Å². The van der Waals surface area contributed by atoms with Gasteiger partial charge in [0.1, 0.15) is 0 Å². The molecule has 0 atom stereocenters. The van der Waals surface area contributed by atoms with Crippen LogP contribution < -0.4 is 20.7 Å². The van der Waals surface area contributed by atoms with Gasteiger partial charge in [0, 0.05) is 43.5 Å². The van der Waals surface area contributed by atoms with Gasteiger partial charge >= 0.3 is 0 Å². The third-order valence-electron chi connectivity index (χ3n) is 4.62. The summed E-state index contributed by atoms with van der Waals surface area (Å²) in [6.45, 7) is 7.07. The third-order valence-corrected chi connectivity index (χ3v) is 6.29. The molecule has 28 heavy (non-hydrogen) atoms. The third kappa shape index (κ3) is 4.52. The predicted molar refractivity (Wildman–Crippen MR) is 111 cm³/mol. The second kappa shape index (κ2) is 8.30. The van der Waals surface area contributed by atoms with E-state index in [4.69, 9.17) is 5.73 Å². The highest BCUT2D eigenvalue weighted by Crippen LogP contribution is 2.29. The van der Waals surface area contributed by atoms with Crippen LogP contribution in [0.3, 0.4) is 0 Å². The summed E-state index contributed by atoms with van der Waals surface area (Å²) in [6.07, 6.45) is 0. The number of benzene rings is 2. The number of amides is 1. The van der Waals surface area contributed by atoms with Gasteiger partial charge in [-0.1, -0.05) is 18.2 Å². The highest BCUT2D eigenvalue weighted by Gasteiger charge is 2.18. The smallest absolute Gasteiger partial charge is 0.249 e. The zero-order chi connectivity index (χ0) is 20.3. The number of anilines is 1. The molecule has 0 spiro atoms. The van der Waals surface area contributed by atoms with E-state index in [2.05, 4.69) is 14.9 Å². The molecule has 7 nitrogen and oxygen atoms in total. The van der Waals surface area contributed by atoms with E-state index in [1.54, 1.807) is 26.0 Å². The summed E-state index contributed by atoms with van der Waals surface area (Å²) in [7, 11) is -3.56. The standard InChI is InChI=1S/C20H26N4O3S/c1-14(2)23-28(26,27)17-6-3-15(4-7-17)18-8-5-16(13-19(18)20(21)25)24-11-9-22-10-12-24/h3-8,13-14,22-23H,9-12H2,1-2H3,(H2,21,25). The Morgan fingerprint density at radius 2 is 1.75 bits per heavy atom. The van der Waals surface area contributed by atoms with Crippen LogP contribution in [-0.4, -0.2) is 46.5 Å². The Morgan fingerprint density at radius 1 is 1.11 bits per heavy atom. The minimum absolute atomic E-state index is 0.183. The van der Waals surface area contributed by atoms with Gasteiger partial charge in [-0.25, -0.2) is 13.1 Å². The number of nitrogens with one attached hydrogen (secondary N) is 2. The SMILES string of the molecule is CC(C)NS(=O)(=O)c1ccc(-c2ccc(N3CCNCC3)cc2C(N)=O)cc1. The molecular weight excluding hydrogens is 376 g/mol. The number of sulfonamides is 1. The van der Waals surface area contributed by atoms with E-state index in [9.17, 15) is 13.2 Å². The van der Waals surface area contributed by atoms with E-state index in [0.717, 1.165) is 37.4 Å². The minimum Gasteiger partial charge on any atom is -0.369 e. The molecule has 1 saturated heterocycles. The van der Waals surface area contributed by atoms with Gasteiger partial charge < -0.3 is 16.0 Å². The maximum Gasteiger partial charge on any atom is 0.249 e. The van der Waals surface area contributed by atoms with Crippen molar-refractivity contribution in [2.45, 2.75) is 24.8 Å². The Morgan fingerprint density at radius 3 is 2.32 bits per heavy atom. The van der Waals surface area contributed by atoms with Crippen LogP contribution in [0.2, 0.25) is 0 Å².